The average molecular weight is 428 g/mol. The summed E-state index contributed by atoms with van der Waals surface area (Å²) in [7, 11) is 1.58. The summed E-state index contributed by atoms with van der Waals surface area (Å²) >= 11 is 0. The molecule has 3 aromatic rings. The lowest BCUT2D eigenvalue weighted by atomic mass is 9.95. The van der Waals surface area contributed by atoms with E-state index in [1.165, 1.54) is 11.3 Å². The molecule has 0 atom stereocenters. The maximum Gasteiger partial charge on any atom is 0.269 e. The molecule has 0 bridgehead atoms. The number of benzene rings is 2. The molecule has 6 nitrogen and oxygen atoms in total. The molecule has 1 aliphatic heterocycles. The van der Waals surface area contributed by atoms with E-state index in [1.54, 1.807) is 37.4 Å². The molecule has 0 saturated heterocycles. The summed E-state index contributed by atoms with van der Waals surface area (Å²) in [5.74, 6) is 0.489. The SMILES string of the molecule is COc1ccc(N2C(=O)c3cc(-c4ccccc4)nc(NC4CCCCC4)c3C2=O)cc1. The molecule has 32 heavy (non-hydrogen) atoms. The van der Waals surface area contributed by atoms with Crippen LogP contribution in [-0.4, -0.2) is 29.9 Å². The van der Waals surface area contributed by atoms with Crippen LogP contribution in [0.4, 0.5) is 11.5 Å². The molecule has 1 fully saturated rings. The quantitative estimate of drug-likeness (QED) is 0.559. The van der Waals surface area contributed by atoms with Crippen LogP contribution in [0.2, 0.25) is 0 Å². The standard InChI is InChI=1S/C26H25N3O3/c1-32-20-14-12-19(13-15-20)29-25(30)21-16-22(17-8-4-2-5-9-17)28-24(23(21)26(29)31)27-18-10-6-3-7-11-18/h2,4-5,8-9,12-16,18H,3,6-7,10-11H2,1H3,(H,27,28). The van der Waals surface area contributed by atoms with Gasteiger partial charge < -0.3 is 10.1 Å². The van der Waals surface area contributed by atoms with Crippen LogP contribution >= 0.6 is 0 Å². The minimum atomic E-state index is -0.347. The van der Waals surface area contributed by atoms with Gasteiger partial charge in [-0.25, -0.2) is 9.88 Å². The Morgan fingerprint density at radius 2 is 1.66 bits per heavy atom. The Hall–Kier alpha value is -3.67. The summed E-state index contributed by atoms with van der Waals surface area (Å²) in [5.41, 5.74) is 2.85. The highest BCUT2D eigenvalue weighted by Crippen LogP contribution is 2.36. The normalized spacial score (nSPS) is 16.2. The summed E-state index contributed by atoms with van der Waals surface area (Å²) in [6, 6.07) is 18.7. The van der Waals surface area contributed by atoms with E-state index in [1.807, 2.05) is 30.3 Å². The van der Waals surface area contributed by atoms with Crippen molar-refractivity contribution < 1.29 is 14.3 Å². The second kappa shape index (κ2) is 8.46. The van der Waals surface area contributed by atoms with Crippen molar-refractivity contribution in [3.05, 3.63) is 71.8 Å². The van der Waals surface area contributed by atoms with Crippen molar-refractivity contribution in [2.75, 3.05) is 17.3 Å². The van der Waals surface area contributed by atoms with Crippen molar-refractivity contribution in [2.24, 2.45) is 0 Å². The number of aromatic nitrogens is 1. The van der Waals surface area contributed by atoms with Crippen LogP contribution in [-0.2, 0) is 0 Å². The first-order valence-corrected chi connectivity index (χ1v) is 11.1. The van der Waals surface area contributed by atoms with Gasteiger partial charge in [0.05, 0.1) is 29.6 Å². The third kappa shape index (κ3) is 3.62. The molecule has 2 heterocycles. The molecule has 1 N–H and O–H groups in total. The van der Waals surface area contributed by atoms with Crippen molar-refractivity contribution in [2.45, 2.75) is 38.1 Å². The zero-order valence-corrected chi connectivity index (χ0v) is 18.0. The van der Waals surface area contributed by atoms with Crippen molar-refractivity contribution in [1.29, 1.82) is 0 Å². The molecule has 6 heteroatoms. The van der Waals surface area contributed by atoms with Gasteiger partial charge in [-0.15, -0.1) is 0 Å². The number of anilines is 2. The van der Waals surface area contributed by atoms with E-state index in [0.29, 0.717) is 34.1 Å². The number of carbonyl (C=O) groups excluding carboxylic acids is 2. The van der Waals surface area contributed by atoms with Crippen LogP contribution in [0.25, 0.3) is 11.3 Å². The van der Waals surface area contributed by atoms with E-state index in [2.05, 4.69) is 5.32 Å². The number of rotatable bonds is 5. The lowest BCUT2D eigenvalue weighted by Gasteiger charge is -2.24. The molecule has 1 aromatic heterocycles. The van der Waals surface area contributed by atoms with E-state index in [4.69, 9.17) is 9.72 Å². The first-order chi connectivity index (χ1) is 15.7. The Balaban J connectivity index is 1.59. The number of ether oxygens (including phenoxy) is 1. The number of hydrogen-bond donors (Lipinski definition) is 1. The van der Waals surface area contributed by atoms with Crippen molar-refractivity contribution in [3.8, 4) is 17.0 Å². The number of nitrogens with one attached hydrogen (secondary N) is 1. The monoisotopic (exact) mass is 427 g/mol. The van der Waals surface area contributed by atoms with E-state index in [9.17, 15) is 9.59 Å². The van der Waals surface area contributed by atoms with Gasteiger partial charge in [-0.2, -0.15) is 0 Å². The number of pyridine rings is 1. The Bertz CT molecular complexity index is 1150. The van der Waals surface area contributed by atoms with Crippen molar-refractivity contribution >= 4 is 23.3 Å². The van der Waals surface area contributed by atoms with E-state index >= 15 is 0 Å². The van der Waals surface area contributed by atoms with Gasteiger partial charge in [0.25, 0.3) is 11.8 Å². The number of imide groups is 1. The minimum absolute atomic E-state index is 0.254. The molecule has 162 valence electrons. The molecule has 1 aliphatic carbocycles. The average Bonchev–Trinajstić information content (AvgIpc) is 3.10. The van der Waals surface area contributed by atoms with Crippen molar-refractivity contribution in [1.82, 2.24) is 4.98 Å². The maximum atomic E-state index is 13.5. The van der Waals surface area contributed by atoms with Gasteiger partial charge in [0.15, 0.2) is 0 Å². The van der Waals surface area contributed by atoms with Crippen LogP contribution in [0.15, 0.2) is 60.7 Å². The van der Waals surface area contributed by atoms with Crippen LogP contribution in [0.5, 0.6) is 5.75 Å². The fraction of sp³-hybridized carbons (Fsp3) is 0.269. The summed E-state index contributed by atoms with van der Waals surface area (Å²) in [5, 5.41) is 3.50. The second-order valence-corrected chi connectivity index (χ2v) is 8.27. The minimum Gasteiger partial charge on any atom is -0.497 e. The smallest absolute Gasteiger partial charge is 0.269 e. The molecule has 1 saturated carbocycles. The summed E-state index contributed by atoms with van der Waals surface area (Å²) < 4.78 is 5.21. The summed E-state index contributed by atoms with van der Waals surface area (Å²) in [6.45, 7) is 0. The Labute approximate surface area is 187 Å². The first-order valence-electron chi connectivity index (χ1n) is 11.1. The summed E-state index contributed by atoms with van der Waals surface area (Å²) in [4.78, 5) is 32.9. The molecule has 2 aromatic carbocycles. The van der Waals surface area contributed by atoms with Gasteiger partial charge in [0, 0.05) is 11.6 Å². The Morgan fingerprint density at radius 3 is 2.34 bits per heavy atom. The Kier molecular flexibility index (Phi) is 5.35. The number of carbonyl (C=O) groups is 2. The van der Waals surface area contributed by atoms with E-state index < -0.39 is 0 Å². The molecule has 2 amide bonds. The van der Waals surface area contributed by atoms with Gasteiger partial charge in [0.2, 0.25) is 0 Å². The molecule has 0 unspecified atom stereocenters. The highest BCUT2D eigenvalue weighted by Gasteiger charge is 2.40. The molecule has 0 radical (unpaired) electrons. The van der Waals surface area contributed by atoms with Crippen molar-refractivity contribution in [3.63, 3.8) is 0 Å². The first kappa shape index (κ1) is 20.2. The number of fused-ring (bicyclic) bond motifs is 1. The van der Waals surface area contributed by atoms with E-state index in [0.717, 1.165) is 31.2 Å². The predicted octanol–water partition coefficient (Wildman–Crippen LogP) is 5.30. The predicted molar refractivity (Wildman–Crippen MR) is 124 cm³/mol. The van der Waals surface area contributed by atoms with Crippen LogP contribution in [0.1, 0.15) is 52.8 Å². The second-order valence-electron chi connectivity index (χ2n) is 8.27. The molecular formula is C26H25N3O3. The van der Waals surface area contributed by atoms with Gasteiger partial charge >= 0.3 is 0 Å². The molecular weight excluding hydrogens is 402 g/mol. The zero-order chi connectivity index (χ0) is 22.1. The highest BCUT2D eigenvalue weighted by atomic mass is 16.5. The van der Waals surface area contributed by atoms with Crippen LogP contribution in [0.3, 0.4) is 0 Å². The molecule has 2 aliphatic rings. The van der Waals surface area contributed by atoms with Gasteiger partial charge in [0.1, 0.15) is 11.6 Å². The third-order valence-electron chi connectivity index (χ3n) is 6.22. The Morgan fingerprint density at radius 1 is 0.938 bits per heavy atom. The zero-order valence-electron chi connectivity index (χ0n) is 18.0. The van der Waals surface area contributed by atoms with E-state index in [-0.39, 0.29) is 17.9 Å². The third-order valence-corrected chi connectivity index (χ3v) is 6.22. The number of amides is 2. The number of methoxy groups -OCH3 is 1. The topological polar surface area (TPSA) is 71.5 Å². The maximum absolute atomic E-state index is 13.5. The lowest BCUT2D eigenvalue weighted by molar-refractivity contribution is 0.0926. The molecule has 5 rings (SSSR count). The largest absolute Gasteiger partial charge is 0.497 e. The van der Waals surface area contributed by atoms with Crippen LogP contribution in [0, 0.1) is 0 Å². The summed E-state index contributed by atoms with van der Waals surface area (Å²) in [6.07, 6.45) is 5.62. The van der Waals surface area contributed by atoms with Gasteiger partial charge in [-0.05, 0) is 43.2 Å². The number of nitrogens with zero attached hydrogens (tertiary/aromatic N) is 2. The highest BCUT2D eigenvalue weighted by molar-refractivity contribution is 6.36. The van der Waals surface area contributed by atoms with Crippen LogP contribution < -0.4 is 15.0 Å². The van der Waals surface area contributed by atoms with Gasteiger partial charge in [-0.3, -0.25) is 9.59 Å². The fourth-order valence-electron chi connectivity index (χ4n) is 4.52. The molecule has 0 spiro atoms. The lowest BCUT2D eigenvalue weighted by Crippen LogP contribution is -2.30. The van der Waals surface area contributed by atoms with Gasteiger partial charge in [-0.1, -0.05) is 49.6 Å². The fourth-order valence-corrected chi connectivity index (χ4v) is 4.52. The number of hydrogen-bond acceptors (Lipinski definition) is 5.